The fourth-order valence-electron chi connectivity index (χ4n) is 2.39. The number of hydrogen-bond acceptors (Lipinski definition) is 2. The fraction of sp³-hybridized carbons (Fsp3) is 0.500. The average Bonchev–Trinajstić information content (AvgIpc) is 2.38. The highest BCUT2D eigenvalue weighted by atomic mass is 35.5. The number of anilines is 1. The molecule has 0 bridgehead atoms. The Bertz CT molecular complexity index is 455. The molecule has 0 aliphatic carbocycles. The second kappa shape index (κ2) is 7.16. The maximum absolute atomic E-state index is 12.1. The summed E-state index contributed by atoms with van der Waals surface area (Å²) in [6.45, 7) is 2.79. The van der Waals surface area contributed by atoms with Gasteiger partial charge in [0, 0.05) is 29.3 Å². The maximum atomic E-state index is 12.1. The van der Waals surface area contributed by atoms with Gasteiger partial charge in [0.2, 0.25) is 0 Å². The summed E-state index contributed by atoms with van der Waals surface area (Å²) in [5, 5.41) is 7.17. The number of hydrogen-bond donors (Lipinski definition) is 2. The average molecular weight is 316 g/mol. The van der Waals surface area contributed by atoms with Gasteiger partial charge in [-0.25, -0.2) is 4.79 Å². The van der Waals surface area contributed by atoms with Crippen molar-refractivity contribution in [1.29, 1.82) is 0 Å². The number of nitrogens with one attached hydrogen (secondary N) is 2. The van der Waals surface area contributed by atoms with Crippen LogP contribution in [0.3, 0.4) is 0 Å². The van der Waals surface area contributed by atoms with Crippen molar-refractivity contribution in [3.8, 4) is 0 Å². The normalized spacial score (nSPS) is 18.6. The summed E-state index contributed by atoms with van der Waals surface area (Å²) < 4.78 is 0. The van der Waals surface area contributed by atoms with Crippen molar-refractivity contribution in [2.24, 2.45) is 5.92 Å². The molecule has 1 aromatic rings. The van der Waals surface area contributed by atoms with E-state index in [0.29, 0.717) is 21.7 Å². The molecule has 2 amide bonds. The van der Waals surface area contributed by atoms with Gasteiger partial charge < -0.3 is 15.5 Å². The van der Waals surface area contributed by atoms with E-state index in [9.17, 15) is 4.79 Å². The van der Waals surface area contributed by atoms with E-state index in [1.54, 1.807) is 30.1 Å². The Hall–Kier alpha value is -0.970. The number of rotatable bonds is 3. The maximum Gasteiger partial charge on any atom is 0.321 e. The molecular weight excluding hydrogens is 297 g/mol. The lowest BCUT2D eigenvalue weighted by Gasteiger charge is -2.27. The van der Waals surface area contributed by atoms with Crippen LogP contribution in [0.5, 0.6) is 0 Å². The van der Waals surface area contributed by atoms with Crippen LogP contribution >= 0.6 is 23.2 Å². The number of piperidine rings is 1. The molecule has 1 atom stereocenters. The van der Waals surface area contributed by atoms with Crippen molar-refractivity contribution in [3.05, 3.63) is 28.2 Å². The molecule has 110 valence electrons. The van der Waals surface area contributed by atoms with Crippen molar-refractivity contribution in [2.45, 2.75) is 12.8 Å². The molecule has 2 rings (SSSR count). The van der Waals surface area contributed by atoms with Crippen molar-refractivity contribution in [2.75, 3.05) is 32.0 Å². The minimum absolute atomic E-state index is 0.145. The van der Waals surface area contributed by atoms with E-state index < -0.39 is 0 Å². The molecule has 0 aromatic heterocycles. The third kappa shape index (κ3) is 4.54. The molecule has 0 saturated carbocycles. The number of nitrogens with zero attached hydrogens (tertiary/aromatic N) is 1. The van der Waals surface area contributed by atoms with Crippen LogP contribution in [0.4, 0.5) is 10.5 Å². The minimum atomic E-state index is -0.145. The van der Waals surface area contributed by atoms with E-state index in [0.717, 1.165) is 26.1 Å². The van der Waals surface area contributed by atoms with Gasteiger partial charge in [-0.2, -0.15) is 0 Å². The summed E-state index contributed by atoms with van der Waals surface area (Å²) in [5.74, 6) is 0.516. The second-order valence-electron chi connectivity index (χ2n) is 5.18. The summed E-state index contributed by atoms with van der Waals surface area (Å²) in [5.41, 5.74) is 0.612. The van der Waals surface area contributed by atoms with Crippen molar-refractivity contribution in [3.63, 3.8) is 0 Å². The zero-order valence-corrected chi connectivity index (χ0v) is 13.0. The Morgan fingerprint density at radius 1 is 1.40 bits per heavy atom. The highest BCUT2D eigenvalue weighted by Gasteiger charge is 2.18. The molecule has 4 nitrogen and oxygen atoms in total. The summed E-state index contributed by atoms with van der Waals surface area (Å²) >= 11 is 11.8. The van der Waals surface area contributed by atoms with Crippen LogP contribution in [-0.2, 0) is 0 Å². The topological polar surface area (TPSA) is 44.4 Å². The van der Waals surface area contributed by atoms with Crippen LogP contribution < -0.4 is 10.6 Å². The Kier molecular flexibility index (Phi) is 5.52. The Labute approximate surface area is 129 Å². The van der Waals surface area contributed by atoms with Gasteiger partial charge in [0.1, 0.15) is 0 Å². The lowest BCUT2D eigenvalue weighted by Crippen LogP contribution is -2.40. The van der Waals surface area contributed by atoms with E-state index >= 15 is 0 Å². The molecule has 1 aliphatic heterocycles. The highest BCUT2D eigenvalue weighted by molar-refractivity contribution is 6.35. The van der Waals surface area contributed by atoms with E-state index in [1.165, 1.54) is 6.42 Å². The van der Waals surface area contributed by atoms with E-state index in [-0.39, 0.29) is 6.03 Å². The first-order valence-corrected chi connectivity index (χ1v) is 7.49. The smallest absolute Gasteiger partial charge is 0.321 e. The number of amides is 2. The number of benzene rings is 1. The molecule has 2 N–H and O–H groups in total. The third-order valence-corrected chi connectivity index (χ3v) is 3.83. The first-order valence-electron chi connectivity index (χ1n) is 6.73. The predicted molar refractivity (Wildman–Crippen MR) is 83.7 cm³/mol. The Morgan fingerprint density at radius 2 is 2.10 bits per heavy atom. The zero-order valence-electron chi connectivity index (χ0n) is 11.5. The minimum Gasteiger partial charge on any atom is -0.327 e. The first-order chi connectivity index (χ1) is 9.54. The third-order valence-electron chi connectivity index (χ3n) is 3.39. The number of carbonyl (C=O) groups excluding carboxylic acids is 1. The van der Waals surface area contributed by atoms with E-state index in [2.05, 4.69) is 10.6 Å². The van der Waals surface area contributed by atoms with Gasteiger partial charge in [-0.3, -0.25) is 0 Å². The molecule has 1 aromatic carbocycles. The van der Waals surface area contributed by atoms with Gasteiger partial charge in [-0.05, 0) is 50.0 Å². The van der Waals surface area contributed by atoms with Gasteiger partial charge in [0.25, 0.3) is 0 Å². The molecule has 1 fully saturated rings. The Morgan fingerprint density at radius 3 is 2.70 bits per heavy atom. The van der Waals surface area contributed by atoms with E-state index in [4.69, 9.17) is 23.2 Å². The van der Waals surface area contributed by atoms with Gasteiger partial charge in [0.15, 0.2) is 0 Å². The lowest BCUT2D eigenvalue weighted by atomic mass is 9.99. The molecule has 1 heterocycles. The number of halogens is 2. The van der Waals surface area contributed by atoms with Crippen LogP contribution in [-0.4, -0.2) is 37.6 Å². The predicted octanol–water partition coefficient (Wildman–Crippen LogP) is 3.46. The van der Waals surface area contributed by atoms with Crippen LogP contribution in [0.1, 0.15) is 12.8 Å². The van der Waals surface area contributed by atoms with Crippen LogP contribution in [0.15, 0.2) is 18.2 Å². The molecule has 1 saturated heterocycles. The monoisotopic (exact) mass is 315 g/mol. The standard InChI is InChI=1S/C14H19Cl2N3O/c1-19(9-10-3-2-4-17-8-10)14(20)18-13-6-11(15)5-12(16)7-13/h5-7,10,17H,2-4,8-9H2,1H3,(H,18,20). The Balaban J connectivity index is 1.89. The zero-order chi connectivity index (χ0) is 14.5. The van der Waals surface area contributed by atoms with Gasteiger partial charge in [0.05, 0.1) is 0 Å². The largest absolute Gasteiger partial charge is 0.327 e. The molecule has 20 heavy (non-hydrogen) atoms. The van der Waals surface area contributed by atoms with Gasteiger partial charge >= 0.3 is 6.03 Å². The van der Waals surface area contributed by atoms with Crippen molar-refractivity contribution < 1.29 is 4.79 Å². The lowest BCUT2D eigenvalue weighted by molar-refractivity contribution is 0.207. The summed E-state index contributed by atoms with van der Waals surface area (Å²) in [4.78, 5) is 13.8. The molecule has 6 heteroatoms. The molecule has 1 unspecified atom stereocenters. The van der Waals surface area contributed by atoms with Crippen molar-refractivity contribution in [1.82, 2.24) is 10.2 Å². The van der Waals surface area contributed by atoms with Crippen molar-refractivity contribution >= 4 is 34.9 Å². The molecule has 1 aliphatic rings. The highest BCUT2D eigenvalue weighted by Crippen LogP contribution is 2.22. The van der Waals surface area contributed by atoms with E-state index in [1.807, 2.05) is 0 Å². The molecule has 0 radical (unpaired) electrons. The molecule has 0 spiro atoms. The SMILES string of the molecule is CN(CC1CCCNC1)C(=O)Nc1cc(Cl)cc(Cl)c1. The number of urea groups is 1. The quantitative estimate of drug-likeness (QED) is 0.897. The van der Waals surface area contributed by atoms with Crippen LogP contribution in [0, 0.1) is 5.92 Å². The van der Waals surface area contributed by atoms with Gasteiger partial charge in [-0.15, -0.1) is 0 Å². The number of carbonyl (C=O) groups is 1. The van der Waals surface area contributed by atoms with Crippen LogP contribution in [0.25, 0.3) is 0 Å². The summed E-state index contributed by atoms with van der Waals surface area (Å²) in [7, 11) is 1.80. The molecular formula is C14H19Cl2N3O. The summed E-state index contributed by atoms with van der Waals surface area (Å²) in [6.07, 6.45) is 2.33. The van der Waals surface area contributed by atoms with Crippen LogP contribution in [0.2, 0.25) is 10.0 Å². The van der Waals surface area contributed by atoms with Gasteiger partial charge in [-0.1, -0.05) is 23.2 Å². The first kappa shape index (κ1) is 15.4. The summed E-state index contributed by atoms with van der Waals surface area (Å²) in [6, 6.07) is 4.85. The second-order valence-corrected chi connectivity index (χ2v) is 6.05. The fourth-order valence-corrected chi connectivity index (χ4v) is 2.92.